The zero-order valence-electron chi connectivity index (χ0n) is 9.85. The Bertz CT molecular complexity index is 439. The molecule has 0 heterocycles. The fraction of sp³-hybridized carbons (Fsp3) is 0.417. The number of ketones is 1. The lowest BCUT2D eigenvalue weighted by molar-refractivity contribution is -0.116. The van der Waals surface area contributed by atoms with Gasteiger partial charge in [-0.15, -0.1) is 0 Å². The molecular weight excluding hydrogens is 272 g/mol. The van der Waals surface area contributed by atoms with Gasteiger partial charge in [-0.3, -0.25) is 4.79 Å². The molecule has 0 aliphatic rings. The summed E-state index contributed by atoms with van der Waals surface area (Å²) >= 11 is 3.44. The molecule has 1 rings (SSSR count). The minimum absolute atomic E-state index is 0.0104. The van der Waals surface area contributed by atoms with Crippen LogP contribution in [0.25, 0.3) is 0 Å². The second-order valence-corrected chi connectivity index (χ2v) is 4.60. The zero-order chi connectivity index (χ0) is 12.5. The molecule has 16 heavy (non-hydrogen) atoms. The van der Waals surface area contributed by atoms with E-state index < -0.39 is 0 Å². The first-order valence-electron chi connectivity index (χ1n) is 4.94. The number of hydrogen-bond donors (Lipinski definition) is 1. The van der Waals surface area contributed by atoms with Crippen LogP contribution in [0, 0.1) is 13.8 Å². The molecule has 1 N–H and O–H groups in total. The summed E-state index contributed by atoms with van der Waals surface area (Å²) in [4.78, 5) is 11.1. The molecule has 0 saturated heterocycles. The number of ether oxygens (including phenoxy) is 1. The monoisotopic (exact) mass is 286 g/mol. The van der Waals surface area contributed by atoms with E-state index in [-0.39, 0.29) is 18.0 Å². The summed E-state index contributed by atoms with van der Waals surface area (Å²) in [6.45, 7) is 5.22. The predicted molar refractivity (Wildman–Crippen MR) is 66.2 cm³/mol. The molecule has 0 unspecified atom stereocenters. The molecule has 0 aliphatic heterocycles. The van der Waals surface area contributed by atoms with Crippen LogP contribution in [0.2, 0.25) is 0 Å². The lowest BCUT2D eigenvalue weighted by Gasteiger charge is -2.16. The third-order valence-corrected chi connectivity index (χ3v) is 3.77. The van der Waals surface area contributed by atoms with Crippen molar-refractivity contribution in [1.82, 2.24) is 0 Å². The number of benzene rings is 1. The van der Waals surface area contributed by atoms with Crippen molar-refractivity contribution in [3.63, 3.8) is 0 Å². The number of methoxy groups -OCH3 is 1. The number of halogens is 1. The first-order chi connectivity index (χ1) is 7.40. The average molecular weight is 287 g/mol. The Kier molecular flexibility index (Phi) is 3.97. The largest absolute Gasteiger partial charge is 0.504 e. The van der Waals surface area contributed by atoms with Crippen molar-refractivity contribution < 1.29 is 14.6 Å². The van der Waals surface area contributed by atoms with Gasteiger partial charge in [0.25, 0.3) is 0 Å². The topological polar surface area (TPSA) is 46.5 Å². The molecule has 0 saturated carbocycles. The highest BCUT2D eigenvalue weighted by molar-refractivity contribution is 9.10. The van der Waals surface area contributed by atoms with E-state index in [4.69, 9.17) is 4.74 Å². The van der Waals surface area contributed by atoms with E-state index in [0.717, 1.165) is 15.6 Å². The van der Waals surface area contributed by atoms with Crippen LogP contribution in [0.3, 0.4) is 0 Å². The van der Waals surface area contributed by atoms with Crippen molar-refractivity contribution in [1.29, 1.82) is 0 Å². The van der Waals surface area contributed by atoms with E-state index in [1.807, 2.05) is 13.8 Å². The van der Waals surface area contributed by atoms with Crippen LogP contribution in [-0.4, -0.2) is 18.0 Å². The SMILES string of the molecule is COc1c(C)c(Br)c(C)c(CC(C)=O)c1O. The molecule has 1 aromatic rings. The van der Waals surface area contributed by atoms with E-state index in [1.54, 1.807) is 0 Å². The van der Waals surface area contributed by atoms with Crippen molar-refractivity contribution in [2.75, 3.05) is 7.11 Å². The van der Waals surface area contributed by atoms with E-state index in [1.165, 1.54) is 14.0 Å². The molecule has 1 aromatic carbocycles. The Morgan fingerprint density at radius 1 is 1.38 bits per heavy atom. The lowest BCUT2D eigenvalue weighted by Crippen LogP contribution is -2.03. The Morgan fingerprint density at radius 3 is 2.38 bits per heavy atom. The Morgan fingerprint density at radius 2 is 1.94 bits per heavy atom. The van der Waals surface area contributed by atoms with Gasteiger partial charge in [-0.05, 0) is 26.3 Å². The molecule has 0 bridgehead atoms. The number of carbonyl (C=O) groups excluding carboxylic acids is 1. The van der Waals surface area contributed by atoms with Gasteiger partial charge in [-0.1, -0.05) is 15.9 Å². The van der Waals surface area contributed by atoms with Gasteiger partial charge in [0.1, 0.15) is 5.78 Å². The van der Waals surface area contributed by atoms with Gasteiger partial charge in [0, 0.05) is 22.0 Å². The molecule has 3 nitrogen and oxygen atoms in total. The van der Waals surface area contributed by atoms with E-state index in [2.05, 4.69) is 15.9 Å². The number of phenols is 1. The zero-order valence-corrected chi connectivity index (χ0v) is 11.4. The maximum atomic E-state index is 11.1. The third kappa shape index (κ3) is 2.21. The van der Waals surface area contributed by atoms with Crippen LogP contribution in [0.4, 0.5) is 0 Å². The highest BCUT2D eigenvalue weighted by Gasteiger charge is 2.19. The Hall–Kier alpha value is -1.03. The van der Waals surface area contributed by atoms with E-state index in [9.17, 15) is 9.90 Å². The molecule has 0 atom stereocenters. The first kappa shape index (κ1) is 13.0. The molecule has 0 amide bonds. The smallest absolute Gasteiger partial charge is 0.164 e. The maximum absolute atomic E-state index is 11.1. The van der Waals surface area contributed by atoms with Crippen LogP contribution >= 0.6 is 15.9 Å². The molecule has 0 aliphatic carbocycles. The van der Waals surface area contributed by atoms with Crippen molar-refractivity contribution in [2.24, 2.45) is 0 Å². The highest BCUT2D eigenvalue weighted by atomic mass is 79.9. The first-order valence-corrected chi connectivity index (χ1v) is 5.73. The van der Waals surface area contributed by atoms with Crippen LogP contribution in [0.5, 0.6) is 11.5 Å². The van der Waals surface area contributed by atoms with Gasteiger partial charge in [0.15, 0.2) is 11.5 Å². The number of aromatic hydroxyl groups is 1. The number of rotatable bonds is 3. The highest BCUT2D eigenvalue weighted by Crippen LogP contribution is 2.41. The lowest BCUT2D eigenvalue weighted by atomic mass is 9.99. The fourth-order valence-corrected chi connectivity index (χ4v) is 2.14. The minimum Gasteiger partial charge on any atom is -0.504 e. The van der Waals surface area contributed by atoms with Crippen LogP contribution in [-0.2, 0) is 11.2 Å². The normalized spacial score (nSPS) is 10.3. The van der Waals surface area contributed by atoms with Crippen molar-refractivity contribution in [2.45, 2.75) is 27.2 Å². The van der Waals surface area contributed by atoms with Gasteiger partial charge < -0.3 is 9.84 Å². The molecule has 0 fully saturated rings. The summed E-state index contributed by atoms with van der Waals surface area (Å²) in [5.74, 6) is 0.501. The summed E-state index contributed by atoms with van der Waals surface area (Å²) in [7, 11) is 1.50. The maximum Gasteiger partial charge on any atom is 0.164 e. The predicted octanol–water partition coefficient (Wildman–Crippen LogP) is 2.91. The van der Waals surface area contributed by atoms with Gasteiger partial charge in [0.05, 0.1) is 7.11 Å². The molecular formula is C12H15BrO3. The average Bonchev–Trinajstić information content (AvgIpc) is 2.22. The number of Topliss-reactive ketones (excluding diaryl/α,β-unsaturated/α-hetero) is 1. The summed E-state index contributed by atoms with van der Waals surface area (Å²) in [6, 6.07) is 0. The van der Waals surface area contributed by atoms with Gasteiger partial charge in [-0.25, -0.2) is 0 Å². The standard InChI is InChI=1S/C12H15BrO3/c1-6(14)5-9-7(2)10(13)8(3)12(16-4)11(9)15/h15H,5H2,1-4H3. The van der Waals surface area contributed by atoms with Gasteiger partial charge in [0.2, 0.25) is 0 Å². The number of carbonyl (C=O) groups is 1. The fourth-order valence-electron chi connectivity index (χ4n) is 1.72. The van der Waals surface area contributed by atoms with Crippen LogP contribution in [0.1, 0.15) is 23.6 Å². The molecule has 4 heteroatoms. The minimum atomic E-state index is 0.0104. The Labute approximate surface area is 104 Å². The number of phenolic OH excluding ortho intramolecular Hbond substituents is 1. The van der Waals surface area contributed by atoms with Crippen LogP contribution in [0.15, 0.2) is 4.47 Å². The van der Waals surface area contributed by atoms with Crippen molar-refractivity contribution in [3.05, 3.63) is 21.2 Å². The second-order valence-electron chi connectivity index (χ2n) is 3.80. The summed E-state index contributed by atoms with van der Waals surface area (Å²) in [5, 5.41) is 10.0. The van der Waals surface area contributed by atoms with E-state index in [0.29, 0.717) is 11.3 Å². The van der Waals surface area contributed by atoms with Crippen LogP contribution < -0.4 is 4.74 Å². The van der Waals surface area contributed by atoms with Crippen molar-refractivity contribution in [3.8, 4) is 11.5 Å². The van der Waals surface area contributed by atoms with E-state index >= 15 is 0 Å². The quantitative estimate of drug-likeness (QED) is 0.929. The number of hydrogen-bond acceptors (Lipinski definition) is 3. The molecule has 0 aromatic heterocycles. The van der Waals surface area contributed by atoms with Gasteiger partial charge >= 0.3 is 0 Å². The summed E-state index contributed by atoms with van der Waals surface area (Å²) in [5.41, 5.74) is 2.35. The van der Waals surface area contributed by atoms with Crippen molar-refractivity contribution >= 4 is 21.7 Å². The molecule has 88 valence electrons. The molecule has 0 spiro atoms. The third-order valence-electron chi connectivity index (χ3n) is 2.58. The molecule has 0 radical (unpaired) electrons. The summed E-state index contributed by atoms with van der Waals surface area (Å²) < 4.78 is 6.02. The Balaban J connectivity index is 3.48. The van der Waals surface area contributed by atoms with Gasteiger partial charge in [-0.2, -0.15) is 0 Å². The second kappa shape index (κ2) is 4.87. The summed E-state index contributed by atoms with van der Waals surface area (Å²) in [6.07, 6.45) is 0.215.